The number of rotatable bonds is 4. The minimum Gasteiger partial charge on any atom is -0.396 e. The molecule has 0 bridgehead atoms. The van der Waals surface area contributed by atoms with E-state index in [9.17, 15) is 0 Å². The van der Waals surface area contributed by atoms with Crippen LogP contribution in [0.5, 0.6) is 0 Å². The quantitative estimate of drug-likeness (QED) is 0.659. The normalized spacial score (nSPS) is 48.6. The van der Waals surface area contributed by atoms with Crippen LogP contribution < -0.4 is 10.6 Å². The summed E-state index contributed by atoms with van der Waals surface area (Å²) in [6, 6.07) is 1.12. The lowest BCUT2D eigenvalue weighted by atomic mass is 9.68. The zero-order valence-electron chi connectivity index (χ0n) is 19.7. The molecule has 4 aliphatic rings. The van der Waals surface area contributed by atoms with Gasteiger partial charge in [-0.05, 0) is 62.2 Å². The number of fused-ring (bicyclic) bond motifs is 2. The summed E-state index contributed by atoms with van der Waals surface area (Å²) >= 11 is 0. The van der Waals surface area contributed by atoms with Gasteiger partial charge in [-0.25, -0.2) is 0 Å². The topological polar surface area (TPSA) is 42.5 Å². The first-order valence-corrected chi connectivity index (χ1v) is 14.5. The van der Waals surface area contributed by atoms with Gasteiger partial charge in [0.15, 0.2) is 0 Å². The van der Waals surface area contributed by atoms with Crippen LogP contribution in [-0.4, -0.2) is 46.2 Å². The minimum atomic E-state index is -2.55. The molecule has 2 N–H and O–H groups in total. The lowest BCUT2D eigenvalue weighted by Crippen LogP contribution is -2.78. The van der Waals surface area contributed by atoms with Crippen LogP contribution in [0, 0.1) is 35.5 Å². The molecule has 29 heavy (non-hydrogen) atoms. The highest BCUT2D eigenvalue weighted by atomic mass is 28.4. The summed E-state index contributed by atoms with van der Waals surface area (Å²) in [5.74, 6) is 4.58. The smallest absolute Gasteiger partial charge is 0.373 e. The van der Waals surface area contributed by atoms with Crippen molar-refractivity contribution in [3.63, 3.8) is 0 Å². The van der Waals surface area contributed by atoms with Gasteiger partial charge in [0.1, 0.15) is 0 Å². The Balaban J connectivity index is 1.73. The molecule has 10 unspecified atom stereocenters. The second-order valence-corrected chi connectivity index (χ2v) is 14.7. The van der Waals surface area contributed by atoms with E-state index in [1.165, 1.54) is 51.4 Å². The zero-order chi connectivity index (χ0) is 20.8. The monoisotopic (exact) mass is 422 g/mol. The van der Waals surface area contributed by atoms with E-state index < -0.39 is 8.56 Å². The summed E-state index contributed by atoms with van der Waals surface area (Å²) in [4.78, 5) is 0. The van der Waals surface area contributed by atoms with Gasteiger partial charge in [-0.3, -0.25) is 0 Å². The number of hydrogen-bond acceptors (Lipinski definition) is 4. The third-order valence-corrected chi connectivity index (χ3v) is 13.5. The Hall–Kier alpha value is 0.0569. The molecule has 2 saturated carbocycles. The van der Waals surface area contributed by atoms with Crippen LogP contribution in [0.3, 0.4) is 0 Å². The molecule has 2 aliphatic carbocycles. The van der Waals surface area contributed by atoms with Crippen molar-refractivity contribution < 1.29 is 8.85 Å². The fourth-order valence-corrected chi connectivity index (χ4v) is 13.2. The van der Waals surface area contributed by atoms with Crippen molar-refractivity contribution >= 4 is 8.56 Å². The van der Waals surface area contributed by atoms with Gasteiger partial charge >= 0.3 is 8.56 Å². The van der Waals surface area contributed by atoms with E-state index in [0.29, 0.717) is 35.2 Å². The zero-order valence-corrected chi connectivity index (χ0v) is 20.7. The molecule has 168 valence electrons. The first-order valence-electron chi connectivity index (χ1n) is 12.5. The predicted octanol–water partition coefficient (Wildman–Crippen LogP) is 4.41. The highest BCUT2D eigenvalue weighted by Gasteiger charge is 2.62. The summed E-state index contributed by atoms with van der Waals surface area (Å²) in [5.41, 5.74) is 0.776. The maximum absolute atomic E-state index is 6.65. The summed E-state index contributed by atoms with van der Waals surface area (Å²) in [7, 11) is 1.37. The second kappa shape index (κ2) is 8.89. The van der Waals surface area contributed by atoms with Crippen LogP contribution >= 0.6 is 0 Å². The largest absolute Gasteiger partial charge is 0.396 e. The predicted molar refractivity (Wildman–Crippen MR) is 122 cm³/mol. The van der Waals surface area contributed by atoms with Crippen molar-refractivity contribution in [2.75, 3.05) is 14.2 Å². The van der Waals surface area contributed by atoms with Crippen LogP contribution in [0.1, 0.15) is 79.1 Å². The Bertz CT molecular complexity index is 513. The van der Waals surface area contributed by atoms with Crippen LogP contribution in [-0.2, 0) is 8.85 Å². The van der Waals surface area contributed by atoms with Gasteiger partial charge in [0.2, 0.25) is 0 Å². The van der Waals surface area contributed by atoms with E-state index >= 15 is 0 Å². The molecule has 0 spiro atoms. The Morgan fingerprint density at radius 1 is 0.655 bits per heavy atom. The molecule has 5 heteroatoms. The van der Waals surface area contributed by atoms with E-state index in [-0.39, 0.29) is 0 Å². The molecule has 4 fully saturated rings. The Morgan fingerprint density at radius 3 is 1.45 bits per heavy atom. The van der Waals surface area contributed by atoms with E-state index in [2.05, 4.69) is 38.3 Å². The molecule has 2 heterocycles. The first-order chi connectivity index (χ1) is 13.9. The van der Waals surface area contributed by atoms with Gasteiger partial charge in [0, 0.05) is 26.3 Å². The molecule has 0 radical (unpaired) electrons. The first kappa shape index (κ1) is 22.3. The number of hydrogen-bond donors (Lipinski definition) is 2. The van der Waals surface area contributed by atoms with Crippen LogP contribution in [0.2, 0.25) is 0 Å². The van der Waals surface area contributed by atoms with Crippen molar-refractivity contribution in [3.05, 3.63) is 0 Å². The van der Waals surface area contributed by atoms with Crippen molar-refractivity contribution in [1.29, 1.82) is 0 Å². The standard InChI is InChI=1S/C24H46N2O2Si/c1-15-9-7-11-19-13-17(3)25-23(21(15)19)29(27-5,28-6)24-22-16(2)10-8-12-20(22)14-18(4)26-24/h15-26H,7-14H2,1-6H3. The van der Waals surface area contributed by atoms with E-state index in [0.717, 1.165) is 23.7 Å². The summed E-state index contributed by atoms with van der Waals surface area (Å²) in [5, 5.41) is 8.17. The van der Waals surface area contributed by atoms with Gasteiger partial charge in [-0.15, -0.1) is 0 Å². The van der Waals surface area contributed by atoms with Crippen LogP contribution in [0.25, 0.3) is 0 Å². The molecular weight excluding hydrogens is 376 g/mol. The molecule has 0 aromatic heterocycles. The molecule has 10 atom stereocenters. The second-order valence-electron chi connectivity index (χ2n) is 11.2. The van der Waals surface area contributed by atoms with Crippen LogP contribution in [0.15, 0.2) is 0 Å². The molecule has 4 rings (SSSR count). The average Bonchev–Trinajstić information content (AvgIpc) is 2.69. The average molecular weight is 423 g/mol. The fourth-order valence-electron chi connectivity index (χ4n) is 8.29. The molecule has 4 nitrogen and oxygen atoms in total. The number of piperidine rings is 2. The van der Waals surface area contributed by atoms with Gasteiger partial charge in [0.05, 0.1) is 11.3 Å². The Labute approximate surface area is 180 Å². The SMILES string of the molecule is CO[Si](OC)(C1NC(C)CC2CCCC(C)C21)C1NC(C)CC2CCCC(C)C21. The molecule has 2 aliphatic heterocycles. The van der Waals surface area contributed by atoms with Crippen molar-refractivity contribution in [2.45, 2.75) is 102 Å². The maximum Gasteiger partial charge on any atom is 0.373 e. The van der Waals surface area contributed by atoms with Crippen LogP contribution in [0.4, 0.5) is 0 Å². The van der Waals surface area contributed by atoms with Gasteiger partial charge in [-0.2, -0.15) is 0 Å². The lowest BCUT2D eigenvalue weighted by molar-refractivity contribution is 0.0338. The summed E-state index contributed by atoms with van der Waals surface area (Å²) in [6.07, 6.45) is 11.0. The summed E-state index contributed by atoms with van der Waals surface area (Å²) < 4.78 is 13.3. The van der Waals surface area contributed by atoms with Crippen molar-refractivity contribution in [3.8, 4) is 0 Å². The van der Waals surface area contributed by atoms with E-state index in [1.54, 1.807) is 0 Å². The van der Waals surface area contributed by atoms with Crippen molar-refractivity contribution in [1.82, 2.24) is 10.6 Å². The van der Waals surface area contributed by atoms with Crippen molar-refractivity contribution in [2.24, 2.45) is 35.5 Å². The Kier molecular flexibility index (Phi) is 6.83. The molecular formula is C24H46N2O2Si. The molecule has 0 aromatic carbocycles. The molecule has 2 saturated heterocycles. The van der Waals surface area contributed by atoms with Gasteiger partial charge in [-0.1, -0.05) is 52.4 Å². The fraction of sp³-hybridized carbons (Fsp3) is 1.00. The third kappa shape index (κ3) is 3.88. The Morgan fingerprint density at radius 2 is 1.07 bits per heavy atom. The number of nitrogens with one attached hydrogen (secondary N) is 2. The van der Waals surface area contributed by atoms with E-state index in [4.69, 9.17) is 8.85 Å². The highest BCUT2D eigenvalue weighted by molar-refractivity contribution is 6.71. The van der Waals surface area contributed by atoms with Gasteiger partial charge in [0.25, 0.3) is 0 Å². The minimum absolute atomic E-state index is 0.388. The molecule has 0 aromatic rings. The third-order valence-electron chi connectivity index (χ3n) is 9.39. The van der Waals surface area contributed by atoms with E-state index in [1.807, 2.05) is 14.2 Å². The molecule has 0 amide bonds. The summed E-state index contributed by atoms with van der Waals surface area (Å²) in [6.45, 7) is 9.76. The maximum atomic E-state index is 6.65. The van der Waals surface area contributed by atoms with Gasteiger partial charge < -0.3 is 19.5 Å². The highest BCUT2D eigenvalue weighted by Crippen LogP contribution is 2.49. The lowest BCUT2D eigenvalue weighted by Gasteiger charge is -2.58.